The Kier molecular flexibility index (Phi) is 11.7. The zero-order valence-electron chi connectivity index (χ0n) is 27.8. The number of para-hydroxylation sites is 4. The van der Waals surface area contributed by atoms with Crippen molar-refractivity contribution >= 4 is 0 Å². The molecule has 0 amide bonds. The highest BCUT2D eigenvalue weighted by molar-refractivity contribution is 5.56. The van der Waals surface area contributed by atoms with Crippen molar-refractivity contribution in [2.75, 3.05) is 65.9 Å². The molecule has 0 spiro atoms. The van der Waals surface area contributed by atoms with E-state index >= 15 is 0 Å². The maximum atomic E-state index is 6.61. The molecule has 1 aliphatic carbocycles. The van der Waals surface area contributed by atoms with Crippen LogP contribution < -0.4 is 24.3 Å². The van der Waals surface area contributed by atoms with Gasteiger partial charge in [0.25, 0.3) is 0 Å². The van der Waals surface area contributed by atoms with Crippen molar-refractivity contribution in [2.45, 2.75) is 39.5 Å². The van der Waals surface area contributed by atoms with E-state index in [-0.39, 0.29) is 0 Å². The van der Waals surface area contributed by atoms with Crippen molar-refractivity contribution in [1.29, 1.82) is 0 Å². The molecule has 10 bridgehead atoms. The van der Waals surface area contributed by atoms with Gasteiger partial charge >= 0.3 is 0 Å². The van der Waals surface area contributed by atoms with E-state index in [1.165, 1.54) is 0 Å². The predicted octanol–water partition coefficient (Wildman–Crippen LogP) is 6.55. The average Bonchev–Trinajstić information content (AvgIpc) is 3.07. The van der Waals surface area contributed by atoms with Crippen LogP contribution in [-0.4, -0.2) is 65.9 Å². The second-order valence-corrected chi connectivity index (χ2v) is 11.9. The van der Waals surface area contributed by atoms with Crippen molar-refractivity contribution in [3.05, 3.63) is 117 Å². The van der Waals surface area contributed by atoms with Gasteiger partial charge in [0.15, 0.2) is 0 Å². The number of hydrogen-bond acceptors (Lipinski definition) is 7. The summed E-state index contributed by atoms with van der Waals surface area (Å²) < 4.78 is 37.9. The second-order valence-electron chi connectivity index (χ2n) is 11.9. The zero-order valence-corrected chi connectivity index (χ0v) is 27.8. The fourth-order valence-corrected chi connectivity index (χ4v) is 6.54. The first-order valence-corrected chi connectivity index (χ1v) is 17.1. The minimum atomic E-state index is 0.460. The number of rotatable bonds is 4. The summed E-state index contributed by atoms with van der Waals surface area (Å²) in [7, 11) is 0. The van der Waals surface area contributed by atoms with E-state index in [1.54, 1.807) is 0 Å². The lowest BCUT2D eigenvalue weighted by Gasteiger charge is -2.22. The Balaban J connectivity index is 1.53. The smallest absolute Gasteiger partial charge is 0.126 e. The fourth-order valence-electron chi connectivity index (χ4n) is 6.54. The number of nitrogens with one attached hydrogen (secondary N) is 1. The van der Waals surface area contributed by atoms with E-state index in [2.05, 4.69) is 78.1 Å². The monoisotopic (exact) mass is 637 g/mol. The molecule has 1 N–H and O–H groups in total. The SMILES string of the molecule is CCOc1c2cccc1Cc1cccc3c1OCCOCCNCCOCCOc1c(cccc1Cc1cccc(c1OCC)C3)C2. The molecule has 0 saturated heterocycles. The molecule has 6 rings (SSSR count). The number of hydrogen-bond donors (Lipinski definition) is 1. The van der Waals surface area contributed by atoms with Crippen LogP contribution in [0.2, 0.25) is 0 Å². The maximum Gasteiger partial charge on any atom is 0.126 e. The first-order chi connectivity index (χ1) is 23.2. The van der Waals surface area contributed by atoms with Crippen molar-refractivity contribution in [1.82, 2.24) is 5.32 Å². The molecule has 248 valence electrons. The normalized spacial score (nSPS) is 16.0. The second kappa shape index (κ2) is 16.7. The molecule has 0 atom stereocenters. The molecule has 4 aromatic carbocycles. The summed E-state index contributed by atoms with van der Waals surface area (Å²) in [6.07, 6.45) is 2.71. The van der Waals surface area contributed by atoms with Gasteiger partial charge in [-0.05, 0) is 58.4 Å². The van der Waals surface area contributed by atoms with Crippen LogP contribution in [0, 0.1) is 0 Å². The van der Waals surface area contributed by atoms with Crippen molar-refractivity contribution in [2.24, 2.45) is 0 Å². The van der Waals surface area contributed by atoms with Crippen molar-refractivity contribution < 1.29 is 28.4 Å². The van der Waals surface area contributed by atoms with E-state index in [0.29, 0.717) is 78.5 Å². The third-order valence-corrected chi connectivity index (χ3v) is 8.61. The number of fused-ring (bicyclic) bond motifs is 2. The van der Waals surface area contributed by atoms with Crippen LogP contribution in [0.3, 0.4) is 0 Å². The van der Waals surface area contributed by atoms with E-state index in [0.717, 1.165) is 80.6 Å². The minimum Gasteiger partial charge on any atom is -0.493 e. The van der Waals surface area contributed by atoms with Crippen LogP contribution >= 0.6 is 0 Å². The van der Waals surface area contributed by atoms with E-state index in [9.17, 15) is 0 Å². The van der Waals surface area contributed by atoms with Gasteiger partial charge in [-0.2, -0.15) is 0 Å². The maximum absolute atomic E-state index is 6.61. The number of benzene rings is 4. The molecule has 1 heterocycles. The van der Waals surface area contributed by atoms with Gasteiger partial charge in [-0.3, -0.25) is 0 Å². The van der Waals surface area contributed by atoms with Gasteiger partial charge in [-0.1, -0.05) is 72.8 Å². The Morgan fingerprint density at radius 2 is 0.809 bits per heavy atom. The third kappa shape index (κ3) is 8.28. The van der Waals surface area contributed by atoms with E-state index < -0.39 is 0 Å². The van der Waals surface area contributed by atoms with E-state index in [1.807, 2.05) is 13.8 Å². The highest BCUT2D eigenvalue weighted by Crippen LogP contribution is 2.38. The van der Waals surface area contributed by atoms with Crippen molar-refractivity contribution in [3.8, 4) is 23.0 Å². The molecular weight excluding hydrogens is 590 g/mol. The topological polar surface area (TPSA) is 67.4 Å². The van der Waals surface area contributed by atoms with Crippen LogP contribution in [0.5, 0.6) is 23.0 Å². The molecular formula is C40H47NO6. The first kappa shape index (κ1) is 32.9. The van der Waals surface area contributed by atoms with Crippen LogP contribution in [0.1, 0.15) is 58.4 Å². The molecule has 47 heavy (non-hydrogen) atoms. The molecule has 0 unspecified atom stereocenters. The summed E-state index contributed by atoms with van der Waals surface area (Å²) in [5.74, 6) is 3.67. The number of ether oxygens (including phenoxy) is 6. The van der Waals surface area contributed by atoms with Gasteiger partial charge in [0, 0.05) is 38.8 Å². The molecule has 7 heteroatoms. The summed E-state index contributed by atoms with van der Waals surface area (Å²) in [5.41, 5.74) is 9.01. The first-order valence-electron chi connectivity index (χ1n) is 17.1. The summed E-state index contributed by atoms with van der Waals surface area (Å²) >= 11 is 0. The Bertz CT molecular complexity index is 1410. The van der Waals surface area contributed by atoms with Gasteiger partial charge in [-0.15, -0.1) is 0 Å². The zero-order chi connectivity index (χ0) is 32.3. The Labute approximate surface area is 279 Å². The molecule has 0 fully saturated rings. The Morgan fingerprint density at radius 1 is 0.468 bits per heavy atom. The highest BCUT2D eigenvalue weighted by atomic mass is 16.5. The van der Waals surface area contributed by atoms with Crippen LogP contribution in [0.4, 0.5) is 0 Å². The van der Waals surface area contributed by atoms with Gasteiger partial charge in [0.2, 0.25) is 0 Å². The molecule has 0 aromatic heterocycles. The van der Waals surface area contributed by atoms with Gasteiger partial charge in [0.05, 0.1) is 39.6 Å². The van der Waals surface area contributed by atoms with Gasteiger partial charge in [-0.25, -0.2) is 0 Å². The molecule has 2 aliphatic rings. The molecule has 0 saturated carbocycles. The van der Waals surface area contributed by atoms with E-state index in [4.69, 9.17) is 28.4 Å². The van der Waals surface area contributed by atoms with Gasteiger partial charge in [0.1, 0.15) is 36.2 Å². The minimum absolute atomic E-state index is 0.460. The summed E-state index contributed by atoms with van der Waals surface area (Å²) in [6, 6.07) is 25.9. The largest absolute Gasteiger partial charge is 0.493 e. The Morgan fingerprint density at radius 3 is 1.15 bits per heavy atom. The van der Waals surface area contributed by atoms with Crippen LogP contribution in [0.15, 0.2) is 72.8 Å². The lowest BCUT2D eigenvalue weighted by atomic mass is 9.91. The average molecular weight is 638 g/mol. The predicted molar refractivity (Wildman–Crippen MR) is 185 cm³/mol. The Hall–Kier alpha value is -4.04. The van der Waals surface area contributed by atoms with Crippen LogP contribution in [-0.2, 0) is 35.2 Å². The standard InChI is InChI=1S/C40H47NO6/c1-3-44-37-29-9-5-10-30(37)26-34-14-8-16-36-28-32-12-6-11-31(38(32)45-4-2)27-35-15-7-13-33(25-29)39(35)46-23-21-42-19-17-41-18-20-43-22-24-47-40(34)36/h5-16,41H,3-4,17-28H2,1-2H3. The fraction of sp³-hybridized carbons (Fsp3) is 0.400. The summed E-state index contributed by atoms with van der Waals surface area (Å²) in [6.45, 7) is 9.90. The van der Waals surface area contributed by atoms with Crippen LogP contribution in [0.25, 0.3) is 0 Å². The quantitative estimate of drug-likeness (QED) is 0.240. The molecule has 4 aromatic rings. The molecule has 7 nitrogen and oxygen atoms in total. The lowest BCUT2D eigenvalue weighted by molar-refractivity contribution is 0.0901. The molecule has 1 aliphatic heterocycles. The lowest BCUT2D eigenvalue weighted by Crippen LogP contribution is -2.25. The third-order valence-electron chi connectivity index (χ3n) is 8.61. The summed E-state index contributed by atoms with van der Waals surface area (Å²) in [5, 5.41) is 3.39. The van der Waals surface area contributed by atoms with Crippen molar-refractivity contribution in [3.63, 3.8) is 0 Å². The highest BCUT2D eigenvalue weighted by Gasteiger charge is 2.21. The molecule has 0 radical (unpaired) electrons. The summed E-state index contributed by atoms with van der Waals surface area (Å²) in [4.78, 5) is 0. The van der Waals surface area contributed by atoms with Gasteiger partial charge < -0.3 is 33.7 Å².